The minimum atomic E-state index is 0.581. The van der Waals surface area contributed by atoms with E-state index in [1.54, 1.807) is 0 Å². The maximum absolute atomic E-state index is 5.92. The highest BCUT2D eigenvalue weighted by atomic mass is 35.5. The molecule has 1 unspecified atom stereocenters. The fourth-order valence-corrected chi connectivity index (χ4v) is 2.65. The molecular weight excluding hydrogens is 234 g/mol. The Morgan fingerprint density at radius 3 is 3.06 bits per heavy atom. The number of aromatic nitrogens is 2. The molecule has 1 aromatic carbocycles. The first-order valence-corrected chi connectivity index (χ1v) is 6.43. The van der Waals surface area contributed by atoms with E-state index in [2.05, 4.69) is 27.2 Å². The molecule has 88 valence electrons. The molecule has 1 aromatic heterocycles. The number of alkyl halides is 1. The highest BCUT2D eigenvalue weighted by Gasteiger charge is 2.24. The fourth-order valence-electron chi connectivity index (χ4n) is 2.40. The van der Waals surface area contributed by atoms with E-state index in [4.69, 9.17) is 11.6 Å². The minimum Gasteiger partial charge on any atom is -0.354 e. The van der Waals surface area contributed by atoms with Crippen LogP contribution in [0.15, 0.2) is 30.5 Å². The average molecular weight is 248 g/mol. The maximum atomic E-state index is 5.92. The summed E-state index contributed by atoms with van der Waals surface area (Å²) >= 11 is 5.92. The van der Waals surface area contributed by atoms with Crippen molar-refractivity contribution in [2.75, 3.05) is 23.9 Å². The van der Waals surface area contributed by atoms with Crippen LogP contribution in [0.5, 0.6) is 0 Å². The standard InChI is InChI=1S/C13H14ClN3/c14-7-10-5-6-17(9-10)13-12-4-2-1-3-11(12)8-15-16-13/h1-4,8,10H,5-7,9H2. The van der Waals surface area contributed by atoms with E-state index in [0.29, 0.717) is 5.92 Å². The number of hydrogen-bond donors (Lipinski definition) is 0. The number of hydrogen-bond acceptors (Lipinski definition) is 3. The van der Waals surface area contributed by atoms with Gasteiger partial charge >= 0.3 is 0 Å². The SMILES string of the molecule is ClCC1CCN(c2nncc3ccccc23)C1. The first-order chi connectivity index (χ1) is 8.38. The normalized spacial score (nSPS) is 20.1. The van der Waals surface area contributed by atoms with Gasteiger partial charge in [0.05, 0.1) is 6.20 Å². The molecule has 0 bridgehead atoms. The van der Waals surface area contributed by atoms with Crippen molar-refractivity contribution in [3.8, 4) is 0 Å². The molecule has 2 heterocycles. The highest BCUT2D eigenvalue weighted by Crippen LogP contribution is 2.28. The molecular formula is C13H14ClN3. The van der Waals surface area contributed by atoms with Gasteiger partial charge in [0.25, 0.3) is 0 Å². The smallest absolute Gasteiger partial charge is 0.159 e. The summed E-state index contributed by atoms with van der Waals surface area (Å²) in [5, 5.41) is 10.7. The van der Waals surface area contributed by atoms with Gasteiger partial charge in [-0.25, -0.2) is 0 Å². The summed E-state index contributed by atoms with van der Waals surface area (Å²) < 4.78 is 0. The molecule has 1 aliphatic rings. The van der Waals surface area contributed by atoms with Gasteiger partial charge in [0.1, 0.15) is 0 Å². The number of nitrogens with zero attached hydrogens (tertiary/aromatic N) is 3. The van der Waals surface area contributed by atoms with Crippen LogP contribution in [-0.2, 0) is 0 Å². The Kier molecular flexibility index (Phi) is 2.85. The van der Waals surface area contributed by atoms with Crippen molar-refractivity contribution in [3.05, 3.63) is 30.5 Å². The lowest BCUT2D eigenvalue weighted by Crippen LogP contribution is -2.21. The summed E-state index contributed by atoms with van der Waals surface area (Å²) in [5.74, 6) is 2.31. The van der Waals surface area contributed by atoms with Gasteiger partial charge in [-0.05, 0) is 12.3 Å². The molecule has 3 nitrogen and oxygen atoms in total. The van der Waals surface area contributed by atoms with E-state index in [1.165, 1.54) is 5.39 Å². The van der Waals surface area contributed by atoms with Crippen LogP contribution < -0.4 is 4.90 Å². The number of halogens is 1. The van der Waals surface area contributed by atoms with E-state index in [0.717, 1.165) is 36.6 Å². The van der Waals surface area contributed by atoms with Gasteiger partial charge in [0, 0.05) is 29.7 Å². The molecule has 0 aliphatic carbocycles. The lowest BCUT2D eigenvalue weighted by atomic mass is 10.1. The maximum Gasteiger partial charge on any atom is 0.159 e. The molecule has 0 N–H and O–H groups in total. The Morgan fingerprint density at radius 2 is 2.24 bits per heavy atom. The van der Waals surface area contributed by atoms with Gasteiger partial charge in [-0.15, -0.1) is 16.7 Å². The molecule has 17 heavy (non-hydrogen) atoms. The third kappa shape index (κ3) is 1.95. The van der Waals surface area contributed by atoms with Crippen LogP contribution in [0.2, 0.25) is 0 Å². The second kappa shape index (κ2) is 4.49. The summed E-state index contributed by atoms with van der Waals surface area (Å²) in [4.78, 5) is 2.29. The van der Waals surface area contributed by atoms with Crippen molar-refractivity contribution < 1.29 is 0 Å². The third-order valence-corrected chi connectivity index (χ3v) is 3.79. The Morgan fingerprint density at radius 1 is 1.35 bits per heavy atom. The topological polar surface area (TPSA) is 29.0 Å². The van der Waals surface area contributed by atoms with Crippen LogP contribution in [0.1, 0.15) is 6.42 Å². The predicted molar refractivity (Wildman–Crippen MR) is 70.6 cm³/mol. The van der Waals surface area contributed by atoms with Crippen molar-refractivity contribution >= 4 is 28.2 Å². The summed E-state index contributed by atoms with van der Waals surface area (Å²) in [6, 6.07) is 8.25. The zero-order chi connectivity index (χ0) is 11.7. The quantitative estimate of drug-likeness (QED) is 0.764. The second-order valence-electron chi connectivity index (χ2n) is 4.51. The number of fused-ring (bicyclic) bond motifs is 1. The van der Waals surface area contributed by atoms with Crippen LogP contribution in [0, 0.1) is 5.92 Å². The van der Waals surface area contributed by atoms with Gasteiger partial charge in [-0.2, -0.15) is 5.10 Å². The molecule has 0 saturated carbocycles. The molecule has 0 amide bonds. The van der Waals surface area contributed by atoms with Gasteiger partial charge < -0.3 is 4.90 Å². The predicted octanol–water partition coefficient (Wildman–Crippen LogP) is 2.69. The van der Waals surface area contributed by atoms with E-state index in [9.17, 15) is 0 Å². The van der Waals surface area contributed by atoms with Crippen LogP contribution in [0.3, 0.4) is 0 Å². The summed E-state index contributed by atoms with van der Waals surface area (Å²) in [6.07, 6.45) is 2.96. The third-order valence-electron chi connectivity index (χ3n) is 3.35. The fraction of sp³-hybridized carbons (Fsp3) is 0.385. The first kappa shape index (κ1) is 10.8. The van der Waals surface area contributed by atoms with Gasteiger partial charge in [0.2, 0.25) is 0 Å². The lowest BCUT2D eigenvalue weighted by molar-refractivity contribution is 0.666. The monoisotopic (exact) mass is 247 g/mol. The Hall–Kier alpha value is -1.35. The zero-order valence-corrected chi connectivity index (χ0v) is 10.3. The number of benzene rings is 1. The lowest BCUT2D eigenvalue weighted by Gasteiger charge is -2.18. The van der Waals surface area contributed by atoms with Crippen molar-refractivity contribution in [1.29, 1.82) is 0 Å². The number of anilines is 1. The zero-order valence-electron chi connectivity index (χ0n) is 9.51. The largest absolute Gasteiger partial charge is 0.354 e. The molecule has 1 aliphatic heterocycles. The molecule has 1 saturated heterocycles. The average Bonchev–Trinajstić information content (AvgIpc) is 2.87. The Balaban J connectivity index is 2.00. The second-order valence-corrected chi connectivity index (χ2v) is 4.82. The van der Waals surface area contributed by atoms with Gasteiger partial charge in [0.15, 0.2) is 5.82 Å². The van der Waals surface area contributed by atoms with Crippen molar-refractivity contribution in [2.24, 2.45) is 5.92 Å². The van der Waals surface area contributed by atoms with Crippen molar-refractivity contribution in [3.63, 3.8) is 0 Å². The first-order valence-electron chi connectivity index (χ1n) is 5.90. The number of rotatable bonds is 2. The molecule has 0 spiro atoms. The van der Waals surface area contributed by atoms with Crippen LogP contribution in [0.25, 0.3) is 10.8 Å². The Bertz CT molecular complexity index is 524. The molecule has 1 fully saturated rings. The van der Waals surface area contributed by atoms with Crippen molar-refractivity contribution in [2.45, 2.75) is 6.42 Å². The minimum absolute atomic E-state index is 0.581. The highest BCUT2D eigenvalue weighted by molar-refractivity contribution is 6.18. The molecule has 1 atom stereocenters. The van der Waals surface area contributed by atoms with Crippen LogP contribution >= 0.6 is 11.6 Å². The molecule has 2 aromatic rings. The summed E-state index contributed by atoms with van der Waals surface area (Å²) in [5.41, 5.74) is 0. The molecule has 4 heteroatoms. The summed E-state index contributed by atoms with van der Waals surface area (Å²) in [6.45, 7) is 2.02. The van der Waals surface area contributed by atoms with E-state index >= 15 is 0 Å². The van der Waals surface area contributed by atoms with E-state index in [-0.39, 0.29) is 0 Å². The van der Waals surface area contributed by atoms with Crippen LogP contribution in [-0.4, -0.2) is 29.2 Å². The van der Waals surface area contributed by atoms with Gasteiger partial charge in [-0.3, -0.25) is 0 Å². The Labute approximate surface area is 105 Å². The van der Waals surface area contributed by atoms with Crippen LogP contribution in [0.4, 0.5) is 5.82 Å². The van der Waals surface area contributed by atoms with E-state index < -0.39 is 0 Å². The van der Waals surface area contributed by atoms with E-state index in [1.807, 2.05) is 18.3 Å². The van der Waals surface area contributed by atoms with Gasteiger partial charge in [-0.1, -0.05) is 24.3 Å². The van der Waals surface area contributed by atoms with Crippen molar-refractivity contribution in [1.82, 2.24) is 10.2 Å². The summed E-state index contributed by atoms with van der Waals surface area (Å²) in [7, 11) is 0. The molecule has 3 rings (SSSR count). The molecule has 0 radical (unpaired) electrons.